The fraction of sp³-hybridized carbons (Fsp3) is 0.240. The number of hydrogen-bond acceptors (Lipinski definition) is 4. The molecule has 1 atom stereocenters. The molecule has 30 heavy (non-hydrogen) atoms. The molecule has 0 radical (unpaired) electrons. The van der Waals surface area contributed by atoms with E-state index in [2.05, 4.69) is 35.3 Å². The normalized spacial score (nSPS) is 18.2. The highest BCUT2D eigenvalue weighted by Gasteiger charge is 2.37. The molecule has 0 spiro atoms. The maximum atomic E-state index is 13.0. The number of amidine groups is 1. The van der Waals surface area contributed by atoms with Crippen LogP contribution in [0.2, 0.25) is 0 Å². The minimum absolute atomic E-state index is 0.0693. The Balaban J connectivity index is 1.59. The van der Waals surface area contributed by atoms with Gasteiger partial charge in [0, 0.05) is 5.56 Å². The van der Waals surface area contributed by atoms with Crippen LogP contribution in [0.4, 0.5) is 0 Å². The zero-order chi connectivity index (χ0) is 20.8. The van der Waals surface area contributed by atoms with Crippen LogP contribution in [0.15, 0.2) is 83.0 Å². The van der Waals surface area contributed by atoms with Crippen molar-refractivity contribution >= 4 is 39.8 Å². The molecule has 0 saturated carbocycles. The van der Waals surface area contributed by atoms with Crippen molar-refractivity contribution in [2.24, 2.45) is 10.2 Å². The second-order valence-electron chi connectivity index (χ2n) is 7.35. The molecule has 1 aliphatic rings. The fourth-order valence-electron chi connectivity index (χ4n) is 3.57. The Hall–Kier alpha value is -2.92. The summed E-state index contributed by atoms with van der Waals surface area (Å²) in [4.78, 5) is 14.8. The number of nitrogens with zero attached hydrogens (tertiary/aromatic N) is 3. The van der Waals surface area contributed by atoms with E-state index in [-0.39, 0.29) is 11.2 Å². The third-order valence-electron chi connectivity index (χ3n) is 5.19. The van der Waals surface area contributed by atoms with Crippen molar-refractivity contribution in [2.45, 2.75) is 38.0 Å². The number of amides is 1. The predicted molar refractivity (Wildman–Crippen MR) is 127 cm³/mol. The van der Waals surface area contributed by atoms with Gasteiger partial charge in [-0.1, -0.05) is 104 Å². The van der Waals surface area contributed by atoms with Gasteiger partial charge in [-0.2, -0.15) is 5.10 Å². The first-order valence-electron chi connectivity index (χ1n) is 10.4. The van der Waals surface area contributed by atoms with Crippen LogP contribution in [0.25, 0.3) is 10.8 Å². The summed E-state index contributed by atoms with van der Waals surface area (Å²) in [6.07, 6.45) is 4.77. The predicted octanol–water partition coefficient (Wildman–Crippen LogP) is 5.86. The molecule has 1 aliphatic heterocycles. The molecular weight excluding hydrogens is 390 g/mol. The van der Waals surface area contributed by atoms with Gasteiger partial charge in [-0.3, -0.25) is 9.69 Å². The summed E-state index contributed by atoms with van der Waals surface area (Å²) >= 11 is 1.54. The van der Waals surface area contributed by atoms with Crippen LogP contribution >= 0.6 is 11.8 Å². The number of unbranched alkanes of at least 4 members (excludes halogenated alkanes) is 1. The van der Waals surface area contributed by atoms with Gasteiger partial charge in [0.15, 0.2) is 5.17 Å². The van der Waals surface area contributed by atoms with Gasteiger partial charge in [-0.25, -0.2) is 0 Å². The zero-order valence-corrected chi connectivity index (χ0v) is 17.9. The van der Waals surface area contributed by atoms with Crippen molar-refractivity contribution in [1.29, 1.82) is 0 Å². The lowest BCUT2D eigenvalue weighted by Crippen LogP contribution is -2.31. The van der Waals surface area contributed by atoms with Crippen molar-refractivity contribution in [3.8, 4) is 0 Å². The van der Waals surface area contributed by atoms with Gasteiger partial charge in [0.2, 0.25) is 5.91 Å². The smallest absolute Gasteiger partial charge is 0.242 e. The summed E-state index contributed by atoms with van der Waals surface area (Å²) in [6.45, 7) is 2.67. The molecule has 0 aliphatic carbocycles. The number of fused-ring (bicyclic) bond motifs is 1. The van der Waals surface area contributed by atoms with Crippen LogP contribution in [-0.4, -0.2) is 27.4 Å². The second kappa shape index (κ2) is 9.72. The minimum Gasteiger partial charge on any atom is -0.284 e. The highest BCUT2D eigenvalue weighted by atomic mass is 32.2. The van der Waals surface area contributed by atoms with Gasteiger partial charge >= 0.3 is 0 Å². The maximum absolute atomic E-state index is 13.0. The average molecular weight is 416 g/mol. The molecular formula is C25H25N3OS. The summed E-state index contributed by atoms with van der Waals surface area (Å²) < 4.78 is 0. The molecule has 0 bridgehead atoms. The monoisotopic (exact) mass is 415 g/mol. The topological polar surface area (TPSA) is 45.0 Å². The first-order chi connectivity index (χ1) is 14.8. The first-order valence-corrected chi connectivity index (χ1v) is 11.2. The van der Waals surface area contributed by atoms with E-state index in [0.29, 0.717) is 11.7 Å². The van der Waals surface area contributed by atoms with E-state index in [1.54, 1.807) is 11.1 Å². The SMILES string of the molecule is CCCC[C@H]1S/C(=N/N=C\c2cccc3ccccc23)N(Cc2ccccc2)C1=O. The number of thioether (sulfide) groups is 1. The zero-order valence-electron chi connectivity index (χ0n) is 17.1. The van der Waals surface area contributed by atoms with E-state index < -0.39 is 0 Å². The number of hydrogen-bond donors (Lipinski definition) is 0. The molecule has 3 aromatic carbocycles. The number of carbonyl (C=O) groups excluding carboxylic acids is 1. The van der Waals surface area contributed by atoms with Crippen LogP contribution in [0.5, 0.6) is 0 Å². The van der Waals surface area contributed by atoms with Crippen molar-refractivity contribution in [3.63, 3.8) is 0 Å². The van der Waals surface area contributed by atoms with Crippen molar-refractivity contribution in [2.75, 3.05) is 0 Å². The maximum Gasteiger partial charge on any atom is 0.242 e. The van der Waals surface area contributed by atoms with Crippen LogP contribution in [-0.2, 0) is 11.3 Å². The quantitative estimate of drug-likeness (QED) is 0.358. The third-order valence-corrected chi connectivity index (χ3v) is 6.42. The lowest BCUT2D eigenvalue weighted by Gasteiger charge is -2.15. The van der Waals surface area contributed by atoms with Crippen molar-refractivity contribution in [3.05, 3.63) is 83.9 Å². The van der Waals surface area contributed by atoms with E-state index >= 15 is 0 Å². The van der Waals surface area contributed by atoms with E-state index in [9.17, 15) is 4.79 Å². The molecule has 0 N–H and O–H groups in total. The summed E-state index contributed by atoms with van der Waals surface area (Å²) in [6, 6.07) is 24.4. The molecule has 1 saturated heterocycles. The second-order valence-corrected chi connectivity index (χ2v) is 8.52. The molecule has 4 nitrogen and oxygen atoms in total. The van der Waals surface area contributed by atoms with Gasteiger partial charge < -0.3 is 0 Å². The summed E-state index contributed by atoms with van der Waals surface area (Å²) in [5, 5.41) is 11.8. The molecule has 1 amide bonds. The highest BCUT2D eigenvalue weighted by Crippen LogP contribution is 2.32. The Morgan fingerprint density at radius 3 is 2.60 bits per heavy atom. The average Bonchev–Trinajstić information content (AvgIpc) is 3.08. The van der Waals surface area contributed by atoms with E-state index in [4.69, 9.17) is 0 Å². The van der Waals surface area contributed by atoms with Gasteiger partial charge in [-0.15, -0.1) is 5.10 Å². The first kappa shape index (κ1) is 20.4. The molecule has 152 valence electrons. The Morgan fingerprint density at radius 2 is 1.77 bits per heavy atom. The summed E-state index contributed by atoms with van der Waals surface area (Å²) in [5.74, 6) is 0.136. The van der Waals surface area contributed by atoms with Crippen molar-refractivity contribution < 1.29 is 4.79 Å². The van der Waals surface area contributed by atoms with Gasteiger partial charge in [0.25, 0.3) is 0 Å². The summed E-state index contributed by atoms with van der Waals surface area (Å²) in [7, 11) is 0. The Labute approximate surface area is 181 Å². The third kappa shape index (κ3) is 4.62. The highest BCUT2D eigenvalue weighted by molar-refractivity contribution is 8.15. The van der Waals surface area contributed by atoms with Crippen LogP contribution in [0.3, 0.4) is 0 Å². The van der Waals surface area contributed by atoms with Crippen molar-refractivity contribution in [1.82, 2.24) is 4.90 Å². The van der Waals surface area contributed by atoms with Crippen LogP contribution < -0.4 is 0 Å². The lowest BCUT2D eigenvalue weighted by atomic mass is 10.1. The summed E-state index contributed by atoms with van der Waals surface area (Å²) in [5.41, 5.74) is 2.11. The van der Waals surface area contributed by atoms with Crippen LogP contribution in [0.1, 0.15) is 37.3 Å². The van der Waals surface area contributed by atoms with Crippen LogP contribution in [0, 0.1) is 0 Å². The molecule has 3 aromatic rings. The van der Waals surface area contributed by atoms with E-state index in [0.717, 1.165) is 35.8 Å². The minimum atomic E-state index is -0.0693. The van der Waals surface area contributed by atoms with Gasteiger partial charge in [0.05, 0.1) is 18.0 Å². The molecule has 0 aromatic heterocycles. The van der Waals surface area contributed by atoms with E-state index in [1.807, 2.05) is 54.6 Å². The molecule has 4 rings (SSSR count). The van der Waals surface area contributed by atoms with Gasteiger partial charge in [0.1, 0.15) is 0 Å². The lowest BCUT2D eigenvalue weighted by molar-refractivity contribution is -0.126. The molecule has 1 fully saturated rings. The van der Waals surface area contributed by atoms with E-state index in [1.165, 1.54) is 17.1 Å². The molecule has 0 unspecified atom stereocenters. The number of benzene rings is 3. The Kier molecular flexibility index (Phi) is 6.60. The number of rotatable bonds is 7. The Bertz CT molecular complexity index is 1070. The molecule has 1 heterocycles. The van der Waals surface area contributed by atoms with Gasteiger partial charge in [-0.05, 0) is 22.8 Å². The fourth-order valence-corrected chi connectivity index (χ4v) is 4.72. The largest absolute Gasteiger partial charge is 0.284 e. The molecule has 5 heteroatoms. The standard InChI is InChI=1S/C25H25N3OS/c1-2-3-16-23-24(29)28(18-19-10-5-4-6-11-19)25(30-23)27-26-17-21-14-9-13-20-12-7-8-15-22(20)21/h4-15,17,23H,2-3,16,18H2,1H3/b26-17-,27-25+/t23-/m1/s1. The number of carbonyl (C=O) groups is 1. The Morgan fingerprint density at radius 1 is 1.00 bits per heavy atom.